The van der Waals surface area contributed by atoms with Crippen molar-refractivity contribution in [3.8, 4) is 0 Å². The highest BCUT2D eigenvalue weighted by Gasteiger charge is 2.27. The molecule has 2 aromatic rings. The minimum absolute atomic E-state index is 0.0946. The largest absolute Gasteiger partial charge is 0.348 e. The average Bonchev–Trinajstić information content (AvgIpc) is 3.21. The number of carbonyl (C=O) groups excluding carboxylic acids is 2. The van der Waals surface area contributed by atoms with E-state index in [4.69, 9.17) is 11.6 Å². The fourth-order valence-corrected chi connectivity index (χ4v) is 4.12. The van der Waals surface area contributed by atoms with Crippen LogP contribution in [-0.2, 0) is 17.1 Å². The van der Waals surface area contributed by atoms with Gasteiger partial charge in [0, 0.05) is 26.2 Å². The first-order valence-electron chi connectivity index (χ1n) is 8.45. The molecule has 3 N–H and O–H groups in total. The lowest BCUT2D eigenvalue weighted by atomic mass is 10.1. The van der Waals surface area contributed by atoms with Crippen molar-refractivity contribution in [3.63, 3.8) is 0 Å². The molecule has 11 nitrogen and oxygen atoms in total. The molecule has 0 bridgehead atoms. The summed E-state index contributed by atoms with van der Waals surface area (Å²) in [6.07, 6.45) is 4.84. The van der Waals surface area contributed by atoms with Crippen LogP contribution in [0.1, 0.15) is 33.8 Å². The maximum atomic E-state index is 12.6. The van der Waals surface area contributed by atoms with Crippen molar-refractivity contribution < 1.29 is 18.0 Å². The summed E-state index contributed by atoms with van der Waals surface area (Å²) in [5, 5.41) is 15.9. The van der Waals surface area contributed by atoms with E-state index >= 15 is 0 Å². The molecule has 0 unspecified atom stereocenters. The zero-order chi connectivity index (χ0) is 20.5. The molecule has 152 valence electrons. The summed E-state index contributed by atoms with van der Waals surface area (Å²) in [5.74, 6) is -0.969. The van der Waals surface area contributed by atoms with Gasteiger partial charge in [0.2, 0.25) is 10.0 Å². The lowest BCUT2D eigenvalue weighted by Crippen LogP contribution is -2.46. The van der Waals surface area contributed by atoms with Crippen molar-refractivity contribution in [1.29, 1.82) is 0 Å². The molecule has 1 saturated heterocycles. The third-order valence-corrected chi connectivity index (χ3v) is 6.06. The van der Waals surface area contributed by atoms with Gasteiger partial charge in [0.25, 0.3) is 11.8 Å². The number of nitrogens with one attached hydrogen (secondary N) is 3. The zero-order valence-corrected chi connectivity index (χ0v) is 16.8. The van der Waals surface area contributed by atoms with Gasteiger partial charge in [-0.15, -0.1) is 0 Å². The van der Waals surface area contributed by atoms with Crippen LogP contribution in [0.3, 0.4) is 0 Å². The number of sulfonamides is 1. The molecule has 13 heteroatoms. The number of aromatic nitrogens is 4. The summed E-state index contributed by atoms with van der Waals surface area (Å²) in [6.45, 7) is 0.685. The summed E-state index contributed by atoms with van der Waals surface area (Å²) in [5.41, 5.74) is 0.452. The van der Waals surface area contributed by atoms with Gasteiger partial charge in [-0.2, -0.15) is 10.2 Å². The predicted molar refractivity (Wildman–Crippen MR) is 102 cm³/mol. The molecule has 0 aromatic carbocycles. The number of amides is 2. The van der Waals surface area contributed by atoms with Gasteiger partial charge in [-0.1, -0.05) is 11.6 Å². The summed E-state index contributed by atoms with van der Waals surface area (Å²) in [6, 6.07) is -0.177. The Morgan fingerprint density at radius 2 is 1.93 bits per heavy atom. The second-order valence-electron chi connectivity index (χ2n) is 6.49. The average molecular weight is 430 g/mol. The van der Waals surface area contributed by atoms with Crippen LogP contribution in [0.15, 0.2) is 12.4 Å². The fourth-order valence-electron chi connectivity index (χ4n) is 2.99. The van der Waals surface area contributed by atoms with Crippen molar-refractivity contribution >= 4 is 39.1 Å². The predicted octanol–water partition coefficient (Wildman–Crippen LogP) is 0.203. The number of hydrogen-bond donors (Lipinski definition) is 3. The summed E-state index contributed by atoms with van der Waals surface area (Å²) < 4.78 is 25.8. The van der Waals surface area contributed by atoms with Gasteiger partial charge < -0.3 is 10.6 Å². The van der Waals surface area contributed by atoms with Crippen molar-refractivity contribution in [2.45, 2.75) is 18.9 Å². The number of halogens is 1. The minimum atomic E-state index is -3.23. The molecule has 28 heavy (non-hydrogen) atoms. The van der Waals surface area contributed by atoms with E-state index in [1.165, 1.54) is 27.6 Å². The Hall–Kier alpha value is -2.44. The van der Waals surface area contributed by atoms with Crippen LogP contribution in [0.2, 0.25) is 5.02 Å². The molecule has 0 atom stereocenters. The van der Waals surface area contributed by atoms with Crippen LogP contribution in [0.5, 0.6) is 0 Å². The number of rotatable bonds is 5. The molecule has 1 aliphatic rings. The number of nitrogens with zero attached hydrogens (tertiary/aromatic N) is 4. The highest BCUT2D eigenvalue weighted by Crippen LogP contribution is 2.19. The normalized spacial score (nSPS) is 16.1. The summed E-state index contributed by atoms with van der Waals surface area (Å²) >= 11 is 5.96. The fraction of sp³-hybridized carbons (Fsp3) is 0.467. The van der Waals surface area contributed by atoms with E-state index in [0.29, 0.717) is 25.9 Å². The number of hydrogen-bond acceptors (Lipinski definition) is 6. The third-order valence-electron chi connectivity index (χ3n) is 4.48. The molecule has 0 saturated carbocycles. The molecular weight excluding hydrogens is 410 g/mol. The molecule has 2 aromatic heterocycles. The smallest absolute Gasteiger partial charge is 0.275 e. The van der Waals surface area contributed by atoms with E-state index < -0.39 is 21.8 Å². The molecule has 0 spiro atoms. The van der Waals surface area contributed by atoms with E-state index in [1.54, 1.807) is 7.05 Å². The van der Waals surface area contributed by atoms with Gasteiger partial charge in [-0.05, 0) is 12.8 Å². The topological polar surface area (TPSA) is 142 Å². The van der Waals surface area contributed by atoms with Crippen LogP contribution in [-0.4, -0.2) is 69.9 Å². The van der Waals surface area contributed by atoms with Gasteiger partial charge in [0.1, 0.15) is 11.4 Å². The van der Waals surface area contributed by atoms with Gasteiger partial charge in [-0.25, -0.2) is 12.7 Å². The van der Waals surface area contributed by atoms with Crippen LogP contribution >= 0.6 is 11.6 Å². The molecule has 0 radical (unpaired) electrons. The summed E-state index contributed by atoms with van der Waals surface area (Å²) in [4.78, 5) is 25.0. The van der Waals surface area contributed by atoms with Crippen LogP contribution < -0.4 is 10.6 Å². The minimum Gasteiger partial charge on any atom is -0.348 e. The van der Waals surface area contributed by atoms with E-state index in [1.807, 2.05) is 0 Å². The number of aryl methyl sites for hydroxylation is 1. The molecular formula is C15H20ClN7O4S. The lowest BCUT2D eigenvalue weighted by molar-refractivity contribution is 0.0919. The summed E-state index contributed by atoms with van der Waals surface area (Å²) in [7, 11) is -1.65. The quantitative estimate of drug-likeness (QED) is 0.619. The Bertz CT molecular complexity index is 972. The Labute approximate surface area is 166 Å². The molecule has 2 amide bonds. The molecule has 3 rings (SSSR count). The Balaban J connectivity index is 1.64. The van der Waals surface area contributed by atoms with Gasteiger partial charge in [0.15, 0.2) is 0 Å². The van der Waals surface area contributed by atoms with E-state index in [2.05, 4.69) is 25.9 Å². The molecule has 3 heterocycles. The Kier molecular flexibility index (Phi) is 5.72. The molecule has 1 aliphatic heterocycles. The van der Waals surface area contributed by atoms with E-state index in [-0.39, 0.29) is 28.1 Å². The first-order chi connectivity index (χ1) is 13.2. The zero-order valence-electron chi connectivity index (χ0n) is 15.3. The second kappa shape index (κ2) is 7.89. The first-order valence-corrected chi connectivity index (χ1v) is 10.7. The van der Waals surface area contributed by atoms with Crippen LogP contribution in [0, 0.1) is 0 Å². The maximum absolute atomic E-state index is 12.6. The SMILES string of the molecule is Cn1ncc(Cl)c1C(=O)Nc1cn[nH]c1C(=O)NC1CCN(S(C)(=O)=O)CC1. The maximum Gasteiger partial charge on any atom is 0.275 e. The van der Waals surface area contributed by atoms with Crippen molar-refractivity contribution in [1.82, 2.24) is 29.6 Å². The Morgan fingerprint density at radius 1 is 1.25 bits per heavy atom. The highest BCUT2D eigenvalue weighted by molar-refractivity contribution is 7.88. The molecule has 0 aliphatic carbocycles. The van der Waals surface area contributed by atoms with Gasteiger partial charge in [0.05, 0.1) is 29.4 Å². The standard InChI is InChI=1S/C15H20ClN7O4S/c1-22-13(10(16)7-18-22)15(25)20-11-8-17-21-12(11)14(24)19-9-3-5-23(6-4-9)28(2,26)27/h7-9H,3-6H2,1-2H3,(H,17,21)(H,19,24)(H,20,25). The van der Waals surface area contributed by atoms with Gasteiger partial charge in [-0.3, -0.25) is 19.4 Å². The van der Waals surface area contributed by atoms with Crippen molar-refractivity contribution in [3.05, 3.63) is 28.8 Å². The number of piperidine rings is 1. The van der Waals surface area contributed by atoms with Crippen molar-refractivity contribution in [2.24, 2.45) is 7.05 Å². The van der Waals surface area contributed by atoms with Gasteiger partial charge >= 0.3 is 0 Å². The first kappa shape index (κ1) is 20.3. The third kappa shape index (κ3) is 4.34. The van der Waals surface area contributed by atoms with E-state index in [9.17, 15) is 18.0 Å². The van der Waals surface area contributed by atoms with Crippen LogP contribution in [0.25, 0.3) is 0 Å². The lowest BCUT2D eigenvalue weighted by Gasteiger charge is -2.30. The molecule has 1 fully saturated rings. The Morgan fingerprint density at radius 3 is 2.50 bits per heavy atom. The number of H-pyrrole nitrogens is 1. The van der Waals surface area contributed by atoms with Crippen molar-refractivity contribution in [2.75, 3.05) is 24.7 Å². The highest BCUT2D eigenvalue weighted by atomic mass is 35.5. The monoisotopic (exact) mass is 429 g/mol. The number of anilines is 1. The van der Waals surface area contributed by atoms with Crippen LogP contribution in [0.4, 0.5) is 5.69 Å². The second-order valence-corrected chi connectivity index (χ2v) is 8.88. The number of aromatic amines is 1. The van der Waals surface area contributed by atoms with E-state index in [0.717, 1.165) is 0 Å². The number of carbonyl (C=O) groups is 2.